The lowest BCUT2D eigenvalue weighted by Crippen LogP contribution is -2.34. The number of fused-ring (bicyclic) bond motifs is 1. The number of benzene rings is 3. The van der Waals surface area contributed by atoms with E-state index in [4.69, 9.17) is 4.99 Å². The first kappa shape index (κ1) is 19.3. The summed E-state index contributed by atoms with van der Waals surface area (Å²) in [5.41, 5.74) is 6.22. The van der Waals surface area contributed by atoms with Crippen LogP contribution in [0, 0.1) is 0 Å². The van der Waals surface area contributed by atoms with Gasteiger partial charge in [0.05, 0.1) is 5.70 Å². The zero-order valence-electron chi connectivity index (χ0n) is 17.7. The van der Waals surface area contributed by atoms with Crippen LogP contribution in [0.4, 0.5) is 5.69 Å². The predicted octanol–water partition coefficient (Wildman–Crippen LogP) is 5.83. The minimum absolute atomic E-state index is 0.0791. The van der Waals surface area contributed by atoms with Crippen molar-refractivity contribution in [1.29, 1.82) is 0 Å². The molecule has 0 N–H and O–H groups in total. The third-order valence-corrected chi connectivity index (χ3v) is 5.88. The number of nitrogens with zero attached hydrogens (tertiary/aromatic N) is 3. The average Bonchev–Trinajstić information content (AvgIpc) is 3.00. The molecule has 0 unspecified atom stereocenters. The Labute approximate surface area is 183 Å². The van der Waals surface area contributed by atoms with Gasteiger partial charge in [0.25, 0.3) is 0 Å². The molecule has 154 valence electrons. The van der Waals surface area contributed by atoms with Gasteiger partial charge in [0.15, 0.2) is 5.78 Å². The number of aliphatic imine (C=N–C) groups is 1. The summed E-state index contributed by atoms with van der Waals surface area (Å²) in [6.07, 6.45) is 4.28. The quantitative estimate of drug-likeness (QED) is 0.511. The number of guanidine groups is 1. The van der Waals surface area contributed by atoms with Crippen LogP contribution in [0.15, 0.2) is 90.1 Å². The molecule has 0 atom stereocenters. The molecule has 5 rings (SSSR count). The molecule has 0 spiro atoms. The summed E-state index contributed by atoms with van der Waals surface area (Å²) in [5.74, 6) is 1.02. The van der Waals surface area contributed by atoms with Gasteiger partial charge in [-0.1, -0.05) is 66.7 Å². The second kappa shape index (κ2) is 8.23. The molecule has 2 aliphatic heterocycles. The third kappa shape index (κ3) is 3.66. The lowest BCUT2D eigenvalue weighted by molar-refractivity contribution is 0.101. The number of Topliss-reactive ketones (excluding diaryl/α,β-unsaturated/α-hetero) is 1. The van der Waals surface area contributed by atoms with Crippen LogP contribution in [-0.2, 0) is 0 Å². The molecule has 0 radical (unpaired) electrons. The van der Waals surface area contributed by atoms with E-state index in [1.807, 2.05) is 30.3 Å². The van der Waals surface area contributed by atoms with Gasteiger partial charge in [0, 0.05) is 36.1 Å². The number of rotatable bonds is 4. The maximum Gasteiger partial charge on any atom is 0.210 e. The Morgan fingerprint density at radius 3 is 2.32 bits per heavy atom. The van der Waals surface area contributed by atoms with E-state index < -0.39 is 0 Å². The van der Waals surface area contributed by atoms with Crippen LogP contribution in [0.25, 0.3) is 16.8 Å². The molecule has 4 nitrogen and oxygen atoms in total. The number of hydrogen-bond donors (Lipinski definition) is 0. The molecule has 4 heteroatoms. The third-order valence-electron chi connectivity index (χ3n) is 5.88. The molecule has 0 bridgehead atoms. The first-order chi connectivity index (χ1) is 15.2. The fraction of sp³-hybridized carbons (Fsp3) is 0.185. The minimum Gasteiger partial charge on any atom is -0.310 e. The van der Waals surface area contributed by atoms with Gasteiger partial charge in [-0.15, -0.1) is 0 Å². The van der Waals surface area contributed by atoms with E-state index in [0.29, 0.717) is 0 Å². The number of ketones is 1. The molecule has 0 saturated carbocycles. The van der Waals surface area contributed by atoms with Crippen molar-refractivity contribution in [1.82, 2.24) is 4.90 Å². The predicted molar refractivity (Wildman–Crippen MR) is 127 cm³/mol. The zero-order chi connectivity index (χ0) is 21.2. The maximum absolute atomic E-state index is 12.3. The molecule has 2 heterocycles. The Balaban J connectivity index is 1.56. The monoisotopic (exact) mass is 407 g/mol. The molecular weight excluding hydrogens is 382 g/mol. The van der Waals surface area contributed by atoms with Crippen molar-refractivity contribution in [2.24, 2.45) is 4.99 Å². The summed E-state index contributed by atoms with van der Waals surface area (Å²) in [6.45, 7) is 3.35. The normalized spacial score (nSPS) is 15.8. The summed E-state index contributed by atoms with van der Waals surface area (Å²) in [6, 6.07) is 26.9. The Morgan fingerprint density at radius 2 is 1.55 bits per heavy atom. The van der Waals surface area contributed by atoms with Crippen LogP contribution < -0.4 is 4.90 Å². The van der Waals surface area contributed by atoms with Crippen molar-refractivity contribution in [3.63, 3.8) is 0 Å². The lowest BCUT2D eigenvalue weighted by Gasteiger charge is -2.25. The lowest BCUT2D eigenvalue weighted by atomic mass is 10.0. The van der Waals surface area contributed by atoms with Gasteiger partial charge in [0.2, 0.25) is 5.96 Å². The van der Waals surface area contributed by atoms with Gasteiger partial charge >= 0.3 is 0 Å². The summed E-state index contributed by atoms with van der Waals surface area (Å²) < 4.78 is 0. The number of carbonyl (C=O) groups is 1. The van der Waals surface area contributed by atoms with E-state index in [1.165, 1.54) is 11.1 Å². The first-order valence-corrected chi connectivity index (χ1v) is 10.8. The summed E-state index contributed by atoms with van der Waals surface area (Å²) in [4.78, 5) is 21.6. The molecule has 31 heavy (non-hydrogen) atoms. The molecule has 0 fully saturated rings. The standard InChI is InChI=1S/C27H25N3O/c1-20(31)24-11-5-6-12-25(24)26-19-30(27-28-17-7-8-18-29(26)27)23-15-13-22(14-16-23)21-9-3-2-4-10-21/h2-6,9-16,19H,7-8,17-18H2,1H3. The van der Waals surface area contributed by atoms with Crippen molar-refractivity contribution < 1.29 is 4.79 Å². The van der Waals surface area contributed by atoms with Gasteiger partial charge in [-0.3, -0.25) is 14.7 Å². The van der Waals surface area contributed by atoms with Gasteiger partial charge in [-0.05, 0) is 43.0 Å². The second-order valence-electron chi connectivity index (χ2n) is 7.94. The molecule has 0 saturated heterocycles. The molecule has 0 amide bonds. The van der Waals surface area contributed by atoms with E-state index in [1.54, 1.807) is 6.92 Å². The molecule has 2 aliphatic rings. The topological polar surface area (TPSA) is 35.9 Å². The van der Waals surface area contributed by atoms with Crippen molar-refractivity contribution in [3.8, 4) is 11.1 Å². The van der Waals surface area contributed by atoms with Crippen LogP contribution in [0.1, 0.15) is 35.7 Å². The Kier molecular flexibility index (Phi) is 5.13. The SMILES string of the molecule is CC(=O)c1ccccc1C1=CN(c2ccc(-c3ccccc3)cc2)C2=NCCCCN12. The summed E-state index contributed by atoms with van der Waals surface area (Å²) >= 11 is 0. The highest BCUT2D eigenvalue weighted by atomic mass is 16.1. The molecule has 3 aromatic rings. The molecule has 0 aromatic heterocycles. The fourth-order valence-electron chi connectivity index (χ4n) is 4.29. The molecule has 3 aromatic carbocycles. The first-order valence-electron chi connectivity index (χ1n) is 10.8. The largest absolute Gasteiger partial charge is 0.310 e. The Morgan fingerprint density at radius 1 is 0.839 bits per heavy atom. The second-order valence-corrected chi connectivity index (χ2v) is 7.94. The van der Waals surface area contributed by atoms with Gasteiger partial charge in [-0.2, -0.15) is 0 Å². The minimum atomic E-state index is 0.0791. The maximum atomic E-state index is 12.3. The van der Waals surface area contributed by atoms with Crippen LogP contribution in [0.2, 0.25) is 0 Å². The van der Waals surface area contributed by atoms with Gasteiger partial charge in [-0.25, -0.2) is 0 Å². The van der Waals surface area contributed by atoms with Crippen LogP contribution in [0.5, 0.6) is 0 Å². The van der Waals surface area contributed by atoms with Crippen molar-refractivity contribution in [3.05, 3.63) is 96.2 Å². The van der Waals surface area contributed by atoms with E-state index in [-0.39, 0.29) is 5.78 Å². The molecular formula is C27H25N3O. The number of anilines is 1. The van der Waals surface area contributed by atoms with E-state index in [9.17, 15) is 4.79 Å². The molecule has 0 aliphatic carbocycles. The summed E-state index contributed by atoms with van der Waals surface area (Å²) in [5, 5.41) is 0. The fourth-order valence-corrected chi connectivity index (χ4v) is 4.29. The van der Waals surface area contributed by atoms with E-state index in [0.717, 1.165) is 54.4 Å². The summed E-state index contributed by atoms with van der Waals surface area (Å²) in [7, 11) is 0. The highest BCUT2D eigenvalue weighted by molar-refractivity contribution is 6.10. The van der Waals surface area contributed by atoms with Crippen molar-refractivity contribution in [2.45, 2.75) is 19.8 Å². The average molecular weight is 408 g/mol. The van der Waals surface area contributed by atoms with Gasteiger partial charge in [0.1, 0.15) is 0 Å². The smallest absolute Gasteiger partial charge is 0.210 e. The van der Waals surface area contributed by atoms with Crippen molar-refractivity contribution >= 4 is 23.1 Å². The number of carbonyl (C=O) groups excluding carboxylic acids is 1. The van der Waals surface area contributed by atoms with Crippen LogP contribution in [-0.4, -0.2) is 29.7 Å². The zero-order valence-corrected chi connectivity index (χ0v) is 17.7. The van der Waals surface area contributed by atoms with Gasteiger partial charge < -0.3 is 4.90 Å². The Hall–Kier alpha value is -3.66. The van der Waals surface area contributed by atoms with E-state index in [2.05, 4.69) is 64.5 Å². The Bertz CT molecular complexity index is 1160. The highest BCUT2D eigenvalue weighted by Crippen LogP contribution is 2.35. The highest BCUT2D eigenvalue weighted by Gasteiger charge is 2.32. The number of hydrogen-bond acceptors (Lipinski definition) is 4. The van der Waals surface area contributed by atoms with Crippen LogP contribution >= 0.6 is 0 Å². The van der Waals surface area contributed by atoms with Crippen LogP contribution in [0.3, 0.4) is 0 Å². The van der Waals surface area contributed by atoms with E-state index >= 15 is 0 Å². The van der Waals surface area contributed by atoms with Crippen molar-refractivity contribution in [2.75, 3.05) is 18.0 Å².